The molecule has 0 bridgehead atoms. The monoisotopic (exact) mass is 447 g/mol. The Morgan fingerprint density at radius 3 is 2.71 bits per heavy atom. The maximum atomic E-state index is 12.4. The lowest BCUT2D eigenvalue weighted by Gasteiger charge is -2.26. The summed E-state index contributed by atoms with van der Waals surface area (Å²) in [5.41, 5.74) is 7.63. The van der Waals surface area contributed by atoms with Crippen molar-refractivity contribution in [2.24, 2.45) is 11.7 Å². The molecule has 3 N–H and O–H groups in total. The van der Waals surface area contributed by atoms with Gasteiger partial charge in [-0.2, -0.15) is 0 Å². The molecule has 1 aromatic carbocycles. The van der Waals surface area contributed by atoms with E-state index >= 15 is 0 Å². The van der Waals surface area contributed by atoms with Gasteiger partial charge in [0.15, 0.2) is 0 Å². The van der Waals surface area contributed by atoms with Gasteiger partial charge in [-0.05, 0) is 43.0 Å². The van der Waals surface area contributed by atoms with Gasteiger partial charge in [-0.3, -0.25) is 9.78 Å². The summed E-state index contributed by atoms with van der Waals surface area (Å²) in [5, 5.41) is 3.25. The van der Waals surface area contributed by atoms with E-state index in [1.807, 2.05) is 12.1 Å². The molecule has 1 unspecified atom stereocenters. The minimum Gasteiger partial charge on any atom is -0.487 e. The summed E-state index contributed by atoms with van der Waals surface area (Å²) in [6.45, 7) is 1.68. The number of anilines is 1. The fourth-order valence-corrected chi connectivity index (χ4v) is 3.09. The van der Waals surface area contributed by atoms with Crippen LogP contribution in [0.1, 0.15) is 18.4 Å². The number of carbonyl (C=O) groups is 1. The number of ether oxygens (including phenoxy) is 2. The summed E-state index contributed by atoms with van der Waals surface area (Å²) >= 11 is 6.27. The van der Waals surface area contributed by atoms with E-state index in [2.05, 4.69) is 10.3 Å². The Kier molecular flexibility index (Phi) is 10.6. The van der Waals surface area contributed by atoms with E-state index in [1.165, 1.54) is 0 Å². The van der Waals surface area contributed by atoms with Crippen molar-refractivity contribution >= 4 is 48.0 Å². The molecule has 0 aliphatic carbocycles. The summed E-state index contributed by atoms with van der Waals surface area (Å²) in [5.74, 6) is 0.473. The van der Waals surface area contributed by atoms with Crippen LogP contribution < -0.4 is 15.8 Å². The lowest BCUT2D eigenvalue weighted by Crippen LogP contribution is -2.44. The number of hydrogen-bond acceptors (Lipinski definition) is 5. The minimum absolute atomic E-state index is 0. The number of hydrogen-bond donors (Lipinski definition) is 2. The van der Waals surface area contributed by atoms with Gasteiger partial charge in [0.25, 0.3) is 0 Å². The van der Waals surface area contributed by atoms with Crippen LogP contribution >= 0.6 is 36.4 Å². The van der Waals surface area contributed by atoms with Crippen molar-refractivity contribution in [1.29, 1.82) is 0 Å². The molecule has 0 saturated carbocycles. The van der Waals surface area contributed by atoms with Gasteiger partial charge in [0.1, 0.15) is 12.4 Å². The number of rotatable bonds is 6. The van der Waals surface area contributed by atoms with Gasteiger partial charge in [-0.1, -0.05) is 17.7 Å². The van der Waals surface area contributed by atoms with E-state index < -0.39 is 6.04 Å². The second kappa shape index (κ2) is 12.1. The average Bonchev–Trinajstić information content (AvgIpc) is 2.68. The van der Waals surface area contributed by atoms with Crippen molar-refractivity contribution in [2.75, 3.05) is 18.5 Å². The Balaban J connectivity index is 0.00000196. The number of carbonyl (C=O) groups excluding carboxylic acids is 1. The lowest BCUT2D eigenvalue weighted by molar-refractivity contribution is -0.119. The molecule has 3 rings (SSSR count). The standard InChI is InChI=1S/C19H22ClN3O3.2ClH/c20-16-10-15(23-19(24)18(21)14-5-8-25-9-6-14)3-4-17(16)26-12-13-2-1-7-22-11-13;;/h1-4,7,10-11,14,18H,5-6,8-9,12,21H2,(H,23,24);2*1H. The van der Waals surface area contributed by atoms with Crippen LogP contribution in [-0.2, 0) is 16.1 Å². The number of amides is 1. The first-order valence-electron chi connectivity index (χ1n) is 8.59. The fourth-order valence-electron chi connectivity index (χ4n) is 2.85. The third-order valence-electron chi connectivity index (χ3n) is 4.39. The molecule has 0 radical (unpaired) electrons. The molecule has 2 heterocycles. The number of halogens is 3. The SMILES string of the molecule is Cl.Cl.NC(C(=O)Nc1ccc(OCc2cccnc2)c(Cl)c1)C1CCOCC1. The molecule has 1 aliphatic heterocycles. The summed E-state index contributed by atoms with van der Waals surface area (Å²) in [7, 11) is 0. The first-order chi connectivity index (χ1) is 12.6. The summed E-state index contributed by atoms with van der Waals surface area (Å²) in [6.07, 6.45) is 5.05. The van der Waals surface area contributed by atoms with Crippen molar-refractivity contribution in [1.82, 2.24) is 4.98 Å². The molecule has 9 heteroatoms. The number of nitrogens with zero attached hydrogens (tertiary/aromatic N) is 1. The Bertz CT molecular complexity index is 744. The van der Waals surface area contributed by atoms with Gasteiger partial charge in [-0.25, -0.2) is 0 Å². The van der Waals surface area contributed by atoms with E-state index in [-0.39, 0.29) is 36.6 Å². The first-order valence-corrected chi connectivity index (χ1v) is 8.97. The van der Waals surface area contributed by atoms with Crippen molar-refractivity contribution in [3.05, 3.63) is 53.3 Å². The summed E-state index contributed by atoms with van der Waals surface area (Å²) < 4.78 is 11.0. The summed E-state index contributed by atoms with van der Waals surface area (Å²) in [6, 6.07) is 8.36. The van der Waals surface area contributed by atoms with Crippen molar-refractivity contribution in [2.45, 2.75) is 25.5 Å². The van der Waals surface area contributed by atoms with Crippen LogP contribution in [0.2, 0.25) is 5.02 Å². The average molecular weight is 449 g/mol. The minimum atomic E-state index is -0.556. The predicted molar refractivity (Wildman–Crippen MR) is 115 cm³/mol. The van der Waals surface area contributed by atoms with Crippen LogP contribution in [0.25, 0.3) is 0 Å². The Morgan fingerprint density at radius 1 is 1.32 bits per heavy atom. The Hall–Kier alpha value is -1.57. The number of aromatic nitrogens is 1. The van der Waals surface area contributed by atoms with Gasteiger partial charge in [-0.15, -0.1) is 24.8 Å². The zero-order valence-corrected chi connectivity index (χ0v) is 17.6. The van der Waals surface area contributed by atoms with Crippen molar-refractivity contribution in [3.63, 3.8) is 0 Å². The topological polar surface area (TPSA) is 86.5 Å². The number of nitrogens with two attached hydrogens (primary N) is 1. The van der Waals surface area contributed by atoms with E-state index in [0.717, 1.165) is 18.4 Å². The fraction of sp³-hybridized carbons (Fsp3) is 0.368. The molecule has 1 aromatic heterocycles. The number of benzene rings is 1. The van der Waals surface area contributed by atoms with E-state index in [0.29, 0.717) is 36.3 Å². The third kappa shape index (κ3) is 6.79. The normalized spacial score (nSPS) is 14.9. The quantitative estimate of drug-likeness (QED) is 0.701. The zero-order chi connectivity index (χ0) is 18.4. The Labute approximate surface area is 182 Å². The van der Waals surface area contributed by atoms with E-state index in [1.54, 1.807) is 30.6 Å². The van der Waals surface area contributed by atoms with Crippen LogP contribution in [0.3, 0.4) is 0 Å². The van der Waals surface area contributed by atoms with Crippen molar-refractivity contribution in [3.8, 4) is 5.75 Å². The summed E-state index contributed by atoms with van der Waals surface area (Å²) in [4.78, 5) is 16.4. The molecule has 0 spiro atoms. The number of nitrogens with one attached hydrogen (secondary N) is 1. The second-order valence-electron chi connectivity index (χ2n) is 6.26. The highest BCUT2D eigenvalue weighted by Gasteiger charge is 2.26. The molecule has 154 valence electrons. The number of pyridine rings is 1. The predicted octanol–water partition coefficient (Wildman–Crippen LogP) is 3.85. The largest absolute Gasteiger partial charge is 0.487 e. The molecular formula is C19H24Cl3N3O3. The molecule has 2 aromatic rings. The van der Waals surface area contributed by atoms with Crippen molar-refractivity contribution < 1.29 is 14.3 Å². The van der Waals surface area contributed by atoms with Gasteiger partial charge in [0.2, 0.25) is 5.91 Å². The van der Waals surface area contributed by atoms with Gasteiger partial charge in [0, 0.05) is 36.9 Å². The molecule has 1 saturated heterocycles. The molecule has 1 aliphatic rings. The molecule has 1 fully saturated rings. The van der Waals surface area contributed by atoms with E-state index in [9.17, 15) is 4.79 Å². The highest BCUT2D eigenvalue weighted by atomic mass is 35.5. The van der Waals surface area contributed by atoms with Crippen LogP contribution in [0.4, 0.5) is 5.69 Å². The van der Waals surface area contributed by atoms with Crippen LogP contribution in [0.15, 0.2) is 42.7 Å². The molecule has 1 amide bonds. The maximum absolute atomic E-state index is 12.4. The smallest absolute Gasteiger partial charge is 0.241 e. The molecular weight excluding hydrogens is 425 g/mol. The zero-order valence-electron chi connectivity index (χ0n) is 15.2. The highest BCUT2D eigenvalue weighted by molar-refractivity contribution is 6.32. The Morgan fingerprint density at radius 2 is 2.07 bits per heavy atom. The van der Waals surface area contributed by atoms with Gasteiger partial charge in [0.05, 0.1) is 11.1 Å². The van der Waals surface area contributed by atoms with Gasteiger partial charge >= 0.3 is 0 Å². The second-order valence-corrected chi connectivity index (χ2v) is 6.67. The molecule has 1 atom stereocenters. The van der Waals surface area contributed by atoms with Gasteiger partial charge < -0.3 is 20.5 Å². The maximum Gasteiger partial charge on any atom is 0.241 e. The first kappa shape index (κ1) is 24.5. The molecule has 6 nitrogen and oxygen atoms in total. The van der Waals surface area contributed by atoms with Crippen LogP contribution in [0, 0.1) is 5.92 Å². The van der Waals surface area contributed by atoms with E-state index in [4.69, 9.17) is 26.8 Å². The third-order valence-corrected chi connectivity index (χ3v) is 4.69. The lowest BCUT2D eigenvalue weighted by atomic mass is 9.92. The highest BCUT2D eigenvalue weighted by Crippen LogP contribution is 2.29. The van der Waals surface area contributed by atoms with Crippen LogP contribution in [0.5, 0.6) is 5.75 Å². The molecule has 28 heavy (non-hydrogen) atoms. The van der Waals surface area contributed by atoms with Crippen LogP contribution in [-0.4, -0.2) is 30.1 Å².